The Morgan fingerprint density at radius 3 is 2.65 bits per heavy atom. The van der Waals surface area contributed by atoms with Gasteiger partial charge in [0.25, 0.3) is 0 Å². The average Bonchev–Trinajstić information content (AvgIpc) is 2.97. The quantitative estimate of drug-likeness (QED) is 0.568. The molecule has 0 aromatic carbocycles. The molecule has 5 rings (SSSR count). The van der Waals surface area contributed by atoms with Crippen LogP contribution in [0.25, 0.3) is 0 Å². The fraction of sp³-hybridized carbons (Fsp3) is 0.294. The monoisotopic (exact) mass is 218 g/mol. The molecule has 5 aliphatic carbocycles. The normalized spacial score (nSPS) is 27.8. The lowest BCUT2D eigenvalue weighted by atomic mass is 9.97. The summed E-state index contributed by atoms with van der Waals surface area (Å²) in [6.07, 6.45) is 15.5. The average molecular weight is 218 g/mol. The third kappa shape index (κ3) is 0.878. The van der Waals surface area contributed by atoms with Crippen molar-refractivity contribution in [2.45, 2.75) is 32.1 Å². The van der Waals surface area contributed by atoms with Crippen LogP contribution in [0.5, 0.6) is 0 Å². The minimum atomic E-state index is 1.19. The smallest absolute Gasteiger partial charge is 0.00138 e. The molecule has 0 saturated carbocycles. The van der Waals surface area contributed by atoms with E-state index < -0.39 is 0 Å². The van der Waals surface area contributed by atoms with Crippen LogP contribution in [0.1, 0.15) is 32.1 Å². The van der Waals surface area contributed by atoms with Gasteiger partial charge < -0.3 is 0 Å². The van der Waals surface area contributed by atoms with Crippen LogP contribution in [0.15, 0.2) is 68.9 Å². The van der Waals surface area contributed by atoms with Crippen LogP contribution >= 0.6 is 0 Å². The van der Waals surface area contributed by atoms with Gasteiger partial charge in [-0.25, -0.2) is 0 Å². The first-order valence-electron chi connectivity index (χ1n) is 6.64. The Balaban J connectivity index is 1.65. The first-order valence-corrected chi connectivity index (χ1v) is 6.64. The summed E-state index contributed by atoms with van der Waals surface area (Å²) in [6, 6.07) is 0. The molecular formula is C17H14. The third-order valence-electron chi connectivity index (χ3n) is 4.90. The molecule has 0 saturated heterocycles. The highest BCUT2D eigenvalue weighted by atomic mass is 14.4. The number of fused-ring (bicyclic) bond motifs is 3. The second-order valence-electron chi connectivity index (χ2n) is 5.70. The van der Waals surface area contributed by atoms with Crippen LogP contribution in [-0.4, -0.2) is 0 Å². The molecule has 0 aromatic heterocycles. The van der Waals surface area contributed by atoms with E-state index in [0.29, 0.717) is 0 Å². The molecule has 0 aromatic rings. The van der Waals surface area contributed by atoms with Gasteiger partial charge in [-0.15, -0.1) is 0 Å². The van der Waals surface area contributed by atoms with E-state index in [-0.39, 0.29) is 0 Å². The van der Waals surface area contributed by atoms with Crippen molar-refractivity contribution in [1.82, 2.24) is 0 Å². The highest BCUT2D eigenvalue weighted by Gasteiger charge is 2.38. The highest BCUT2D eigenvalue weighted by Crippen LogP contribution is 2.56. The molecule has 0 bridgehead atoms. The Kier molecular flexibility index (Phi) is 1.32. The fourth-order valence-corrected chi connectivity index (χ4v) is 4.22. The number of allylic oxidation sites excluding steroid dienone is 12. The first-order chi connectivity index (χ1) is 8.42. The van der Waals surface area contributed by atoms with Gasteiger partial charge in [0, 0.05) is 0 Å². The van der Waals surface area contributed by atoms with E-state index in [1.807, 2.05) is 0 Å². The zero-order chi connectivity index (χ0) is 11.0. The van der Waals surface area contributed by atoms with Gasteiger partial charge in [-0.1, -0.05) is 35.5 Å². The standard InChI is InChI=1S/C17H14/c1-4-11-8-16-15(13(11)5-1)9-12-7-10-3-2-6-14(10)17(12)16/h1-2,4,6H,3,5,7-9H2. The fourth-order valence-electron chi connectivity index (χ4n) is 4.22. The Hall–Kier alpha value is -1.56. The molecule has 0 heteroatoms. The SMILES string of the molecule is C1=CC2=C(C1)CC1=C2C2=C(C1)C1=C(C=CC1)C2. The van der Waals surface area contributed by atoms with Gasteiger partial charge in [0.1, 0.15) is 0 Å². The van der Waals surface area contributed by atoms with Crippen molar-refractivity contribution in [3.05, 3.63) is 68.9 Å². The molecule has 0 aliphatic heterocycles. The van der Waals surface area contributed by atoms with E-state index in [0.717, 1.165) is 0 Å². The molecule has 0 nitrogen and oxygen atoms in total. The van der Waals surface area contributed by atoms with E-state index in [2.05, 4.69) is 24.3 Å². The molecule has 0 amide bonds. The van der Waals surface area contributed by atoms with Crippen molar-refractivity contribution in [3.63, 3.8) is 0 Å². The van der Waals surface area contributed by atoms with Crippen molar-refractivity contribution in [2.75, 3.05) is 0 Å². The van der Waals surface area contributed by atoms with Gasteiger partial charge in [0.2, 0.25) is 0 Å². The molecule has 0 unspecified atom stereocenters. The van der Waals surface area contributed by atoms with Crippen LogP contribution in [-0.2, 0) is 0 Å². The minimum Gasteiger partial charge on any atom is -0.0798 e. The van der Waals surface area contributed by atoms with Crippen LogP contribution in [0.4, 0.5) is 0 Å². The second-order valence-corrected chi connectivity index (χ2v) is 5.70. The van der Waals surface area contributed by atoms with Crippen LogP contribution < -0.4 is 0 Å². The summed E-state index contributed by atoms with van der Waals surface area (Å²) in [5.41, 5.74) is 13.3. The number of rotatable bonds is 0. The maximum atomic E-state index is 2.37. The van der Waals surface area contributed by atoms with Crippen LogP contribution in [0, 0.1) is 0 Å². The Morgan fingerprint density at radius 1 is 0.706 bits per heavy atom. The molecule has 82 valence electrons. The Morgan fingerprint density at radius 2 is 1.65 bits per heavy atom. The third-order valence-corrected chi connectivity index (χ3v) is 4.90. The van der Waals surface area contributed by atoms with Gasteiger partial charge in [-0.05, 0) is 65.5 Å². The number of hydrogen-bond donors (Lipinski definition) is 0. The van der Waals surface area contributed by atoms with E-state index in [1.54, 1.807) is 44.6 Å². The van der Waals surface area contributed by atoms with Gasteiger partial charge in [0.15, 0.2) is 0 Å². The van der Waals surface area contributed by atoms with Gasteiger partial charge >= 0.3 is 0 Å². The topological polar surface area (TPSA) is 0 Å². The summed E-state index contributed by atoms with van der Waals surface area (Å²) in [5.74, 6) is 0. The number of hydrogen-bond acceptors (Lipinski definition) is 0. The molecular weight excluding hydrogens is 204 g/mol. The zero-order valence-corrected chi connectivity index (χ0v) is 9.84. The van der Waals surface area contributed by atoms with E-state index in [1.165, 1.54) is 32.1 Å². The summed E-state index contributed by atoms with van der Waals surface area (Å²) in [5, 5.41) is 0. The molecule has 0 atom stereocenters. The zero-order valence-electron chi connectivity index (χ0n) is 9.84. The predicted octanol–water partition coefficient (Wildman–Crippen LogP) is 4.30. The largest absolute Gasteiger partial charge is 0.0798 e. The summed E-state index contributed by atoms with van der Waals surface area (Å²) in [7, 11) is 0. The first kappa shape index (κ1) is 8.52. The summed E-state index contributed by atoms with van der Waals surface area (Å²) in [4.78, 5) is 0. The minimum absolute atomic E-state index is 1.19. The Labute approximate surface area is 101 Å². The summed E-state index contributed by atoms with van der Waals surface area (Å²) in [6.45, 7) is 0. The van der Waals surface area contributed by atoms with Crippen molar-refractivity contribution >= 4 is 0 Å². The van der Waals surface area contributed by atoms with Gasteiger partial charge in [0.05, 0.1) is 0 Å². The maximum Gasteiger partial charge on any atom is -0.00138 e. The lowest BCUT2D eigenvalue weighted by Gasteiger charge is -2.06. The molecule has 5 aliphatic rings. The van der Waals surface area contributed by atoms with Crippen molar-refractivity contribution in [3.8, 4) is 0 Å². The molecule has 0 N–H and O–H groups in total. The van der Waals surface area contributed by atoms with Crippen molar-refractivity contribution in [2.24, 2.45) is 0 Å². The van der Waals surface area contributed by atoms with Crippen LogP contribution in [0.3, 0.4) is 0 Å². The van der Waals surface area contributed by atoms with E-state index in [9.17, 15) is 0 Å². The lowest BCUT2D eigenvalue weighted by Crippen LogP contribution is -1.88. The highest BCUT2D eigenvalue weighted by molar-refractivity contribution is 5.75. The van der Waals surface area contributed by atoms with Crippen LogP contribution in [0.2, 0.25) is 0 Å². The molecule has 0 spiro atoms. The predicted molar refractivity (Wildman–Crippen MR) is 69.5 cm³/mol. The molecule has 0 radical (unpaired) electrons. The second kappa shape index (κ2) is 2.64. The molecule has 17 heavy (non-hydrogen) atoms. The van der Waals surface area contributed by atoms with Crippen molar-refractivity contribution in [1.29, 1.82) is 0 Å². The van der Waals surface area contributed by atoms with Crippen molar-refractivity contribution < 1.29 is 0 Å². The van der Waals surface area contributed by atoms with E-state index in [4.69, 9.17) is 0 Å². The van der Waals surface area contributed by atoms with E-state index >= 15 is 0 Å². The van der Waals surface area contributed by atoms with Gasteiger partial charge in [-0.2, -0.15) is 0 Å². The lowest BCUT2D eigenvalue weighted by molar-refractivity contribution is 1.01. The Bertz CT molecular complexity index is 654. The summed E-state index contributed by atoms with van der Waals surface area (Å²) >= 11 is 0. The van der Waals surface area contributed by atoms with Gasteiger partial charge in [-0.3, -0.25) is 0 Å². The summed E-state index contributed by atoms with van der Waals surface area (Å²) < 4.78 is 0. The molecule has 0 heterocycles. The molecule has 0 fully saturated rings. The maximum absolute atomic E-state index is 2.37.